The van der Waals surface area contributed by atoms with Crippen molar-refractivity contribution in [3.05, 3.63) is 71.8 Å². The molecule has 1 heterocycles. The molecule has 1 amide bonds. The predicted molar refractivity (Wildman–Crippen MR) is 113 cm³/mol. The van der Waals surface area contributed by atoms with Crippen molar-refractivity contribution in [1.82, 2.24) is 9.80 Å². The number of rotatable bonds is 7. The topological polar surface area (TPSA) is 32.8 Å². The van der Waals surface area contributed by atoms with E-state index in [9.17, 15) is 4.79 Å². The SMILES string of the molecule is CCOC(=O)N(C)CC1(Cc2ccccc2)CCN(Cc2ccccc2)CC1. The first kappa shape index (κ1) is 20.4. The molecule has 0 radical (unpaired) electrons. The third-order valence-corrected chi connectivity index (χ3v) is 5.74. The summed E-state index contributed by atoms with van der Waals surface area (Å²) in [5.41, 5.74) is 2.80. The molecule has 0 bridgehead atoms. The van der Waals surface area contributed by atoms with Crippen LogP contribution in [0.25, 0.3) is 0 Å². The van der Waals surface area contributed by atoms with Crippen molar-refractivity contribution in [2.75, 3.05) is 33.3 Å². The van der Waals surface area contributed by atoms with E-state index in [-0.39, 0.29) is 11.5 Å². The number of hydrogen-bond acceptors (Lipinski definition) is 3. The van der Waals surface area contributed by atoms with E-state index in [1.807, 2.05) is 14.0 Å². The molecule has 4 nitrogen and oxygen atoms in total. The molecule has 1 fully saturated rings. The van der Waals surface area contributed by atoms with Gasteiger partial charge in [-0.15, -0.1) is 0 Å². The molecule has 1 saturated heterocycles. The summed E-state index contributed by atoms with van der Waals surface area (Å²) in [7, 11) is 1.86. The maximum atomic E-state index is 12.2. The Bertz CT molecular complexity index is 725. The Hall–Kier alpha value is -2.33. The average molecular weight is 381 g/mol. The fraction of sp³-hybridized carbons (Fsp3) is 0.458. The molecule has 3 rings (SSSR count). The minimum atomic E-state index is -0.221. The Morgan fingerprint density at radius 1 is 1.00 bits per heavy atom. The van der Waals surface area contributed by atoms with E-state index >= 15 is 0 Å². The maximum Gasteiger partial charge on any atom is 0.409 e. The number of likely N-dealkylation sites (tertiary alicyclic amines) is 1. The van der Waals surface area contributed by atoms with Crippen LogP contribution in [0, 0.1) is 5.41 Å². The summed E-state index contributed by atoms with van der Waals surface area (Å²) in [5, 5.41) is 0. The minimum absolute atomic E-state index is 0.0933. The van der Waals surface area contributed by atoms with Crippen LogP contribution in [0.15, 0.2) is 60.7 Å². The van der Waals surface area contributed by atoms with Gasteiger partial charge in [-0.05, 0) is 55.8 Å². The number of benzene rings is 2. The number of carbonyl (C=O) groups is 1. The van der Waals surface area contributed by atoms with Crippen molar-refractivity contribution >= 4 is 6.09 Å². The zero-order valence-corrected chi connectivity index (χ0v) is 17.1. The highest BCUT2D eigenvalue weighted by Gasteiger charge is 2.37. The zero-order valence-electron chi connectivity index (χ0n) is 17.1. The predicted octanol–water partition coefficient (Wildman–Crippen LogP) is 4.60. The summed E-state index contributed by atoms with van der Waals surface area (Å²) in [6.07, 6.45) is 2.94. The Kier molecular flexibility index (Phi) is 7.10. The fourth-order valence-corrected chi connectivity index (χ4v) is 4.25. The highest BCUT2D eigenvalue weighted by Crippen LogP contribution is 2.36. The van der Waals surface area contributed by atoms with E-state index in [4.69, 9.17) is 4.74 Å². The van der Waals surface area contributed by atoms with Gasteiger partial charge in [0.05, 0.1) is 6.61 Å². The lowest BCUT2D eigenvalue weighted by Crippen LogP contribution is -2.47. The van der Waals surface area contributed by atoms with E-state index in [1.165, 1.54) is 11.1 Å². The molecule has 150 valence electrons. The first-order valence-corrected chi connectivity index (χ1v) is 10.3. The van der Waals surface area contributed by atoms with Crippen LogP contribution in [0.5, 0.6) is 0 Å². The largest absolute Gasteiger partial charge is 0.450 e. The minimum Gasteiger partial charge on any atom is -0.450 e. The van der Waals surface area contributed by atoms with E-state index in [0.29, 0.717) is 6.61 Å². The van der Waals surface area contributed by atoms with Crippen molar-refractivity contribution in [2.45, 2.75) is 32.7 Å². The lowest BCUT2D eigenvalue weighted by Gasteiger charge is -2.44. The Morgan fingerprint density at radius 3 is 2.14 bits per heavy atom. The van der Waals surface area contributed by atoms with Crippen LogP contribution in [-0.2, 0) is 17.7 Å². The lowest BCUT2D eigenvalue weighted by molar-refractivity contribution is 0.0543. The first-order chi connectivity index (χ1) is 13.6. The molecular formula is C24H32N2O2. The van der Waals surface area contributed by atoms with Crippen LogP contribution >= 0.6 is 0 Å². The monoisotopic (exact) mass is 380 g/mol. The van der Waals surface area contributed by atoms with Gasteiger partial charge in [-0.2, -0.15) is 0 Å². The number of carbonyl (C=O) groups excluding carboxylic acids is 1. The van der Waals surface area contributed by atoms with Crippen LogP contribution < -0.4 is 0 Å². The Labute approximate surface area is 169 Å². The summed E-state index contributed by atoms with van der Waals surface area (Å²) in [6.45, 7) is 6.11. The number of ether oxygens (including phenoxy) is 1. The average Bonchev–Trinajstić information content (AvgIpc) is 2.71. The number of hydrogen-bond donors (Lipinski definition) is 0. The van der Waals surface area contributed by atoms with Crippen LogP contribution in [0.2, 0.25) is 0 Å². The van der Waals surface area contributed by atoms with E-state index in [1.54, 1.807) is 4.90 Å². The third kappa shape index (κ3) is 5.59. The molecule has 0 saturated carbocycles. The van der Waals surface area contributed by atoms with Gasteiger partial charge in [-0.25, -0.2) is 4.79 Å². The summed E-state index contributed by atoms with van der Waals surface area (Å²) in [4.78, 5) is 16.5. The molecular weight excluding hydrogens is 348 g/mol. The van der Waals surface area contributed by atoms with Gasteiger partial charge in [0.1, 0.15) is 0 Å². The standard InChI is InChI=1S/C24H32N2O2/c1-3-28-23(27)25(2)20-24(18-21-10-6-4-7-11-21)14-16-26(17-15-24)19-22-12-8-5-9-13-22/h4-13H,3,14-20H2,1-2H3. The van der Waals surface area contributed by atoms with Crippen molar-refractivity contribution in [3.63, 3.8) is 0 Å². The number of nitrogens with zero attached hydrogens (tertiary/aromatic N) is 2. The molecule has 0 aromatic heterocycles. The molecule has 2 aromatic rings. The quantitative estimate of drug-likeness (QED) is 0.704. The van der Waals surface area contributed by atoms with Crippen LogP contribution in [0.3, 0.4) is 0 Å². The summed E-state index contributed by atoms with van der Waals surface area (Å²) >= 11 is 0. The molecule has 4 heteroatoms. The molecule has 0 aliphatic carbocycles. The molecule has 0 atom stereocenters. The number of piperidine rings is 1. The molecule has 0 unspecified atom stereocenters. The zero-order chi connectivity index (χ0) is 19.8. The van der Waals surface area contributed by atoms with E-state index < -0.39 is 0 Å². The normalized spacial score (nSPS) is 16.5. The fourth-order valence-electron chi connectivity index (χ4n) is 4.25. The highest BCUT2D eigenvalue weighted by molar-refractivity contribution is 5.67. The van der Waals surface area contributed by atoms with Gasteiger partial charge in [-0.3, -0.25) is 4.90 Å². The van der Waals surface area contributed by atoms with Gasteiger partial charge in [0.2, 0.25) is 0 Å². The van der Waals surface area contributed by atoms with Crippen LogP contribution in [0.4, 0.5) is 4.79 Å². The van der Waals surface area contributed by atoms with Gasteiger partial charge in [0, 0.05) is 20.1 Å². The highest BCUT2D eigenvalue weighted by atomic mass is 16.5. The van der Waals surface area contributed by atoms with Gasteiger partial charge < -0.3 is 9.64 Å². The van der Waals surface area contributed by atoms with Crippen molar-refractivity contribution in [3.8, 4) is 0 Å². The second kappa shape index (κ2) is 9.74. The van der Waals surface area contributed by atoms with Gasteiger partial charge in [0.25, 0.3) is 0 Å². The molecule has 0 N–H and O–H groups in total. The number of amides is 1. The van der Waals surface area contributed by atoms with Gasteiger partial charge in [-0.1, -0.05) is 60.7 Å². The summed E-state index contributed by atoms with van der Waals surface area (Å²) < 4.78 is 5.22. The van der Waals surface area contributed by atoms with Gasteiger partial charge >= 0.3 is 6.09 Å². The molecule has 1 aliphatic rings. The molecule has 28 heavy (non-hydrogen) atoms. The second-order valence-electron chi connectivity index (χ2n) is 7.98. The first-order valence-electron chi connectivity index (χ1n) is 10.3. The van der Waals surface area contributed by atoms with Crippen molar-refractivity contribution in [1.29, 1.82) is 0 Å². The van der Waals surface area contributed by atoms with Crippen molar-refractivity contribution in [2.24, 2.45) is 5.41 Å². The summed E-state index contributed by atoms with van der Waals surface area (Å²) in [5.74, 6) is 0. The second-order valence-corrected chi connectivity index (χ2v) is 7.98. The van der Waals surface area contributed by atoms with Gasteiger partial charge in [0.15, 0.2) is 0 Å². The van der Waals surface area contributed by atoms with E-state index in [0.717, 1.165) is 45.4 Å². The Balaban J connectivity index is 1.68. The molecule has 2 aromatic carbocycles. The smallest absolute Gasteiger partial charge is 0.409 e. The summed E-state index contributed by atoms with van der Waals surface area (Å²) in [6, 6.07) is 21.3. The van der Waals surface area contributed by atoms with Crippen LogP contribution in [0.1, 0.15) is 30.9 Å². The van der Waals surface area contributed by atoms with Crippen molar-refractivity contribution < 1.29 is 9.53 Å². The lowest BCUT2D eigenvalue weighted by atomic mass is 9.73. The Morgan fingerprint density at radius 2 is 1.57 bits per heavy atom. The maximum absolute atomic E-state index is 12.2. The molecule has 1 aliphatic heterocycles. The van der Waals surface area contributed by atoms with Crippen LogP contribution in [-0.4, -0.2) is 49.2 Å². The third-order valence-electron chi connectivity index (χ3n) is 5.74. The molecule has 0 spiro atoms. The van der Waals surface area contributed by atoms with E-state index in [2.05, 4.69) is 65.6 Å².